The second-order valence-corrected chi connectivity index (χ2v) is 34.5. The summed E-state index contributed by atoms with van der Waals surface area (Å²) in [4.78, 5) is 6.89. The molecule has 5 heterocycles. The average molecular weight is 1700 g/mol. The highest BCUT2D eigenvalue weighted by Gasteiger charge is 2.54. The summed E-state index contributed by atoms with van der Waals surface area (Å²) in [7, 11) is 8.07. The Kier molecular flexibility index (Phi) is 28.0. The molecule has 0 N–H and O–H groups in total. The standard InChI is InChI=1S/C36H49B2N2O4.C30H38BN2O3.C27H27N2.3BrH/c1-33(2)34(3,4)42-37(41-33)28-14-20-31(21-15-28)39(30-18-12-27(13-19-30)26-40(9)24-10-11-25-40)32-22-16-29(17-23-32)38-43-35(5,6)36(7,8)44-38;1-29(2)30(3,4)36-31(35-29)25-13-17-28(18-14-25)32(26-9-7-6-8-10-26)27-15-11-24(12-16-27)23-33(5)19-21-34-22-20-33;1-29(2,27-16-10-5-11-17-27)22-23-18-20-26(21-19-23)28(24-12-6-3-7-13-24)25-14-8-4-9-15-25;;;/h12-23H,10-11,24-26H2,1-9H3;6-18H,19-23H2,1-5H3;3-21H,22H2,1-2H3;3*1H/q3*+1;;;/p-3. The van der Waals surface area contributed by atoms with Crippen LogP contribution in [0, 0.1) is 0 Å². The Bertz CT molecular complexity index is 4430. The van der Waals surface area contributed by atoms with Gasteiger partial charge in [0.25, 0.3) is 0 Å². The Morgan fingerprint density at radius 2 is 0.518 bits per heavy atom. The number of para-hydroxylation sites is 4. The minimum absolute atomic E-state index is 0. The van der Waals surface area contributed by atoms with E-state index in [0.717, 1.165) is 127 Å². The van der Waals surface area contributed by atoms with Crippen molar-refractivity contribution in [2.45, 2.75) is 149 Å². The number of hydrogen-bond donors (Lipinski definition) is 0. The number of hydrogen-bond acceptors (Lipinski definition) is 10. The van der Waals surface area contributed by atoms with Gasteiger partial charge < -0.3 is 107 Å². The third-order valence-corrected chi connectivity index (χ3v) is 24.0. The molecule has 0 spiro atoms. The fourth-order valence-electron chi connectivity index (χ4n) is 15.1. The number of anilines is 9. The van der Waals surface area contributed by atoms with Crippen molar-refractivity contribution < 1.29 is 92.6 Å². The monoisotopic (exact) mass is 1700 g/mol. The Labute approximate surface area is 701 Å². The quantitative estimate of drug-likeness (QED) is 0.0578. The van der Waals surface area contributed by atoms with Gasteiger partial charge in [0, 0.05) is 80.7 Å². The van der Waals surface area contributed by atoms with E-state index in [9.17, 15) is 0 Å². The first-order chi connectivity index (χ1) is 51.9. The number of morpholine rings is 1. The number of likely N-dealkylation sites (tertiary alicyclic amines) is 1. The number of halogens is 3. The van der Waals surface area contributed by atoms with Crippen LogP contribution in [0.5, 0.6) is 0 Å². The van der Waals surface area contributed by atoms with Crippen molar-refractivity contribution in [3.05, 3.63) is 284 Å². The lowest BCUT2D eigenvalue weighted by Gasteiger charge is -2.37. The summed E-state index contributed by atoms with van der Waals surface area (Å²) in [6.07, 6.45) is 2.65. The molecule has 5 aliphatic rings. The fraction of sp³-hybridized carbons (Fsp3) is 0.355. The zero-order valence-electron chi connectivity index (χ0n) is 68.6. The van der Waals surface area contributed by atoms with Crippen molar-refractivity contribution in [1.29, 1.82) is 0 Å². The highest BCUT2D eigenvalue weighted by Crippen LogP contribution is 2.43. The largest absolute Gasteiger partial charge is 1.00 e. The van der Waals surface area contributed by atoms with Crippen LogP contribution in [0.2, 0.25) is 0 Å². The molecule has 588 valence electrons. The van der Waals surface area contributed by atoms with E-state index < -0.39 is 14.2 Å². The van der Waals surface area contributed by atoms with Crippen LogP contribution in [0.15, 0.2) is 267 Å². The molecule has 10 aromatic rings. The molecule has 0 unspecified atom stereocenters. The van der Waals surface area contributed by atoms with Crippen molar-refractivity contribution in [3.8, 4) is 0 Å². The van der Waals surface area contributed by atoms with Crippen molar-refractivity contribution >= 4 is 94.6 Å². The molecule has 5 aliphatic heterocycles. The number of rotatable bonds is 19. The van der Waals surface area contributed by atoms with Crippen LogP contribution in [0.4, 0.5) is 56.9 Å². The SMILES string of the molecule is CC1(C)OB(c2ccc(N(c3ccc(C[N+]4(C)CCCC4)cc3)c3ccc(B4OC(C)(C)C(C)(C)O4)cc3)cc2)OC1(C)C.CC1(C)OB(c2ccc(N(c3ccccc3)c3ccc(C[N+]4(C)CCOCC4)cc3)cc2)OC1(C)C.C[N+](C)(Cc1ccc(N(c2ccccc2)c2ccccc2)cc1)c1ccccc1.[Br-].[Br-].[Br-]. The van der Waals surface area contributed by atoms with Crippen LogP contribution in [-0.4, -0.2) is 132 Å². The van der Waals surface area contributed by atoms with Gasteiger partial charge in [-0.2, -0.15) is 0 Å². The Balaban J connectivity index is 0.000000180. The first-order valence-corrected chi connectivity index (χ1v) is 39.2. The predicted octanol–water partition coefficient (Wildman–Crippen LogP) is 9.86. The van der Waals surface area contributed by atoms with E-state index in [1.54, 1.807) is 0 Å². The summed E-state index contributed by atoms with van der Waals surface area (Å²) in [5.41, 5.74) is 16.3. The Morgan fingerprint density at radius 1 is 0.295 bits per heavy atom. The highest BCUT2D eigenvalue weighted by molar-refractivity contribution is 6.63. The molecule has 10 aromatic carbocycles. The minimum Gasteiger partial charge on any atom is -1.00 e. The van der Waals surface area contributed by atoms with E-state index in [-0.39, 0.29) is 91.7 Å². The van der Waals surface area contributed by atoms with Gasteiger partial charge in [0.05, 0.1) is 88.1 Å². The fourth-order valence-corrected chi connectivity index (χ4v) is 15.1. The summed E-state index contributed by atoms with van der Waals surface area (Å²) in [6, 6.07) is 94.9. The summed E-state index contributed by atoms with van der Waals surface area (Å²) in [6.45, 7) is 34.4. The van der Waals surface area contributed by atoms with Crippen LogP contribution in [0.1, 0.15) is 113 Å². The van der Waals surface area contributed by atoms with E-state index in [2.05, 4.69) is 393 Å². The maximum absolute atomic E-state index is 6.33. The lowest BCUT2D eigenvalue weighted by Crippen LogP contribution is -3.00. The molecule has 0 saturated carbocycles. The first kappa shape index (κ1) is 87.2. The summed E-state index contributed by atoms with van der Waals surface area (Å²) in [5.74, 6) is 0. The van der Waals surface area contributed by atoms with Gasteiger partial charge >= 0.3 is 21.4 Å². The van der Waals surface area contributed by atoms with Crippen LogP contribution < -0.4 is 86.5 Å². The summed E-state index contributed by atoms with van der Waals surface area (Å²) >= 11 is 0. The predicted molar refractivity (Wildman–Crippen MR) is 454 cm³/mol. The molecule has 19 heteroatoms. The van der Waals surface area contributed by atoms with Gasteiger partial charge in [-0.05, 0) is 221 Å². The molecular weight excluding hydrogens is 1590 g/mol. The summed E-state index contributed by atoms with van der Waals surface area (Å²) < 4.78 is 46.4. The molecular formula is C93H114B3Br3N6O7. The third-order valence-electron chi connectivity index (χ3n) is 24.0. The van der Waals surface area contributed by atoms with Gasteiger partial charge in [-0.25, -0.2) is 0 Å². The molecule has 0 atom stereocenters. The second-order valence-electron chi connectivity index (χ2n) is 34.5. The molecule has 15 rings (SSSR count). The van der Waals surface area contributed by atoms with E-state index in [0.29, 0.717) is 0 Å². The molecule has 0 bridgehead atoms. The normalized spacial score (nSPS) is 18.4. The molecule has 0 aromatic heterocycles. The topological polar surface area (TPSA) is 74.3 Å². The lowest BCUT2D eigenvalue weighted by molar-refractivity contribution is -0.929. The zero-order chi connectivity index (χ0) is 77.0. The van der Waals surface area contributed by atoms with Gasteiger partial charge in [-0.3, -0.25) is 4.48 Å². The van der Waals surface area contributed by atoms with E-state index in [4.69, 9.17) is 32.7 Å². The molecule has 13 nitrogen and oxygen atoms in total. The number of nitrogens with zero attached hydrogens (tertiary/aromatic N) is 6. The number of ether oxygens (including phenoxy) is 1. The first-order valence-electron chi connectivity index (χ1n) is 39.2. The van der Waals surface area contributed by atoms with Gasteiger partial charge in [-0.1, -0.05) is 146 Å². The molecule has 5 fully saturated rings. The Hall–Kier alpha value is -7.17. The van der Waals surface area contributed by atoms with Gasteiger partial charge in [-0.15, -0.1) is 0 Å². The van der Waals surface area contributed by atoms with Crippen molar-refractivity contribution in [2.24, 2.45) is 0 Å². The van der Waals surface area contributed by atoms with E-state index >= 15 is 0 Å². The van der Waals surface area contributed by atoms with Crippen LogP contribution >= 0.6 is 0 Å². The summed E-state index contributed by atoms with van der Waals surface area (Å²) in [5, 5.41) is 0. The minimum atomic E-state index is -0.393. The smallest absolute Gasteiger partial charge is 0.494 e. The van der Waals surface area contributed by atoms with E-state index in [1.807, 2.05) is 0 Å². The molecule has 0 radical (unpaired) electrons. The van der Waals surface area contributed by atoms with Crippen LogP contribution in [0.3, 0.4) is 0 Å². The number of benzene rings is 10. The van der Waals surface area contributed by atoms with Crippen molar-refractivity contribution in [3.63, 3.8) is 0 Å². The van der Waals surface area contributed by atoms with Crippen LogP contribution in [-0.2, 0) is 52.3 Å². The average Bonchev–Trinajstić information content (AvgIpc) is 1.64. The molecule has 0 aliphatic carbocycles. The van der Waals surface area contributed by atoms with E-state index in [1.165, 1.54) is 48.3 Å². The maximum Gasteiger partial charge on any atom is 0.494 e. The van der Waals surface area contributed by atoms with Crippen molar-refractivity contribution in [1.82, 2.24) is 4.48 Å². The van der Waals surface area contributed by atoms with Gasteiger partial charge in [0.15, 0.2) is 0 Å². The van der Waals surface area contributed by atoms with Crippen LogP contribution in [0.25, 0.3) is 0 Å². The molecule has 112 heavy (non-hydrogen) atoms. The Morgan fingerprint density at radius 3 is 0.786 bits per heavy atom. The number of likely N-dealkylation sites (N-methyl/N-ethyl adjacent to an activating group) is 1. The lowest BCUT2D eigenvalue weighted by atomic mass is 9.79. The van der Waals surface area contributed by atoms with Gasteiger partial charge in [0.2, 0.25) is 0 Å². The maximum atomic E-state index is 6.33. The number of quaternary nitrogens is 3. The second kappa shape index (κ2) is 35.9. The third kappa shape index (κ3) is 20.2. The molecule has 5 saturated heterocycles. The van der Waals surface area contributed by atoms with Gasteiger partial charge in [0.1, 0.15) is 38.4 Å². The van der Waals surface area contributed by atoms with Crippen molar-refractivity contribution in [2.75, 3.05) is 82.3 Å². The molecule has 0 amide bonds. The zero-order valence-corrected chi connectivity index (χ0v) is 73.3. The highest BCUT2D eigenvalue weighted by atomic mass is 79.9.